The van der Waals surface area contributed by atoms with Gasteiger partial charge in [0.15, 0.2) is 0 Å². The third-order valence-corrected chi connectivity index (χ3v) is 4.98. The lowest BCUT2D eigenvalue weighted by Crippen LogP contribution is -2.38. The van der Waals surface area contributed by atoms with E-state index < -0.39 is 0 Å². The second kappa shape index (κ2) is 6.38. The molecule has 1 atom stereocenters. The van der Waals surface area contributed by atoms with Gasteiger partial charge in [-0.3, -0.25) is 4.90 Å². The Hall–Kier alpha value is -0.380. The molecule has 1 N–H and O–H groups in total. The highest BCUT2D eigenvalue weighted by Gasteiger charge is 2.26. The molecule has 0 amide bonds. The highest BCUT2D eigenvalue weighted by atomic mass is 79.9. The first kappa shape index (κ1) is 13.6. The molecule has 1 aliphatic heterocycles. The number of nitrogens with one attached hydrogen (secondary N) is 1. The van der Waals surface area contributed by atoms with Crippen LogP contribution in [0.4, 0.5) is 0 Å². The number of halogens is 1. The van der Waals surface area contributed by atoms with Crippen LogP contribution in [0.25, 0.3) is 0 Å². The molecule has 0 spiro atoms. The van der Waals surface area contributed by atoms with Crippen molar-refractivity contribution in [3.63, 3.8) is 0 Å². The topological polar surface area (TPSA) is 15.3 Å². The van der Waals surface area contributed by atoms with E-state index in [1.165, 1.54) is 55.4 Å². The summed E-state index contributed by atoms with van der Waals surface area (Å²) in [5.74, 6) is 0.962. The molecule has 1 heterocycles. The number of hydrogen-bond donors (Lipinski definition) is 1. The molecule has 3 rings (SSSR count). The Morgan fingerprint density at radius 1 is 1.16 bits per heavy atom. The Morgan fingerprint density at radius 2 is 2.00 bits per heavy atom. The van der Waals surface area contributed by atoms with Crippen LogP contribution >= 0.6 is 15.9 Å². The minimum absolute atomic E-state index is 0.709. The number of nitrogens with zero attached hydrogens (tertiary/aromatic N) is 1. The number of benzene rings is 1. The minimum Gasteiger partial charge on any atom is -0.313 e. The van der Waals surface area contributed by atoms with Gasteiger partial charge in [-0.2, -0.15) is 0 Å². The molecule has 3 heteroatoms. The summed E-state index contributed by atoms with van der Waals surface area (Å²) in [4.78, 5) is 2.65. The maximum absolute atomic E-state index is 3.68. The molecule has 1 unspecified atom stereocenters. The number of rotatable bonds is 6. The maximum Gasteiger partial charge on any atom is 0.0245 e. The van der Waals surface area contributed by atoms with Crippen LogP contribution in [0.3, 0.4) is 0 Å². The summed E-state index contributed by atoms with van der Waals surface area (Å²) < 4.78 is 1.25. The molecule has 0 radical (unpaired) electrons. The average molecular weight is 323 g/mol. The van der Waals surface area contributed by atoms with Crippen molar-refractivity contribution in [2.45, 2.75) is 38.3 Å². The maximum atomic E-state index is 3.68. The highest BCUT2D eigenvalue weighted by Crippen LogP contribution is 2.31. The van der Waals surface area contributed by atoms with Crippen LogP contribution in [0.2, 0.25) is 0 Å². The standard InChI is InChI=1S/C16H23BrN2/c17-16-6-2-1-4-14(16)11-19(10-13-7-8-13)12-15-5-3-9-18-15/h1-2,4,6,13,15,18H,3,5,7-12H2. The predicted molar refractivity (Wildman–Crippen MR) is 83.2 cm³/mol. The second-order valence-electron chi connectivity index (χ2n) is 6.02. The first-order chi connectivity index (χ1) is 9.31. The van der Waals surface area contributed by atoms with Crippen molar-refractivity contribution in [3.8, 4) is 0 Å². The van der Waals surface area contributed by atoms with Crippen molar-refractivity contribution in [2.75, 3.05) is 19.6 Å². The van der Waals surface area contributed by atoms with Gasteiger partial charge in [-0.05, 0) is 49.8 Å². The van der Waals surface area contributed by atoms with E-state index >= 15 is 0 Å². The zero-order valence-corrected chi connectivity index (χ0v) is 13.0. The minimum atomic E-state index is 0.709. The van der Waals surface area contributed by atoms with Crippen molar-refractivity contribution < 1.29 is 0 Å². The van der Waals surface area contributed by atoms with Gasteiger partial charge in [0.05, 0.1) is 0 Å². The summed E-state index contributed by atoms with van der Waals surface area (Å²) in [6, 6.07) is 9.34. The van der Waals surface area contributed by atoms with Gasteiger partial charge in [-0.1, -0.05) is 34.1 Å². The summed E-state index contributed by atoms with van der Waals surface area (Å²) in [6.07, 6.45) is 5.56. The first-order valence-electron chi connectivity index (χ1n) is 7.50. The Bertz CT molecular complexity index is 411. The Balaban J connectivity index is 1.62. The molecule has 2 nitrogen and oxygen atoms in total. The van der Waals surface area contributed by atoms with Crippen molar-refractivity contribution >= 4 is 15.9 Å². The normalized spacial score (nSPS) is 23.2. The van der Waals surface area contributed by atoms with Crippen LogP contribution in [0.5, 0.6) is 0 Å². The zero-order valence-electron chi connectivity index (χ0n) is 11.4. The third kappa shape index (κ3) is 4.04. The summed E-state index contributed by atoms with van der Waals surface area (Å²) in [6.45, 7) is 4.77. The molecular formula is C16H23BrN2. The summed E-state index contributed by atoms with van der Waals surface area (Å²) in [5, 5.41) is 3.63. The van der Waals surface area contributed by atoms with E-state index in [9.17, 15) is 0 Å². The van der Waals surface area contributed by atoms with Gasteiger partial charge >= 0.3 is 0 Å². The molecular weight excluding hydrogens is 300 g/mol. The first-order valence-corrected chi connectivity index (χ1v) is 8.30. The Morgan fingerprint density at radius 3 is 2.68 bits per heavy atom. The smallest absolute Gasteiger partial charge is 0.0245 e. The fraction of sp³-hybridized carbons (Fsp3) is 0.625. The Labute approximate surface area is 124 Å². The van der Waals surface area contributed by atoms with E-state index in [2.05, 4.69) is 50.4 Å². The second-order valence-corrected chi connectivity index (χ2v) is 6.88. The monoisotopic (exact) mass is 322 g/mol. The Kier molecular flexibility index (Phi) is 4.57. The van der Waals surface area contributed by atoms with Gasteiger partial charge in [0.1, 0.15) is 0 Å². The van der Waals surface area contributed by atoms with Crippen LogP contribution in [0.1, 0.15) is 31.2 Å². The van der Waals surface area contributed by atoms with Crippen molar-refractivity contribution in [1.82, 2.24) is 10.2 Å². The zero-order chi connectivity index (χ0) is 13.1. The molecule has 19 heavy (non-hydrogen) atoms. The lowest BCUT2D eigenvalue weighted by Gasteiger charge is -2.26. The van der Waals surface area contributed by atoms with E-state index in [-0.39, 0.29) is 0 Å². The third-order valence-electron chi connectivity index (χ3n) is 4.21. The van der Waals surface area contributed by atoms with Gasteiger partial charge in [-0.25, -0.2) is 0 Å². The van der Waals surface area contributed by atoms with Crippen LogP contribution in [0.15, 0.2) is 28.7 Å². The van der Waals surface area contributed by atoms with Gasteiger partial charge in [0.2, 0.25) is 0 Å². The SMILES string of the molecule is Brc1ccccc1CN(CC1CC1)CC1CCCN1. The molecule has 1 saturated heterocycles. The van der Waals surface area contributed by atoms with E-state index in [0.717, 1.165) is 12.5 Å². The summed E-state index contributed by atoms with van der Waals surface area (Å²) in [7, 11) is 0. The fourth-order valence-corrected chi connectivity index (χ4v) is 3.37. The lowest BCUT2D eigenvalue weighted by molar-refractivity contribution is 0.231. The quantitative estimate of drug-likeness (QED) is 0.863. The average Bonchev–Trinajstić information content (AvgIpc) is 3.06. The van der Waals surface area contributed by atoms with Crippen molar-refractivity contribution in [1.29, 1.82) is 0 Å². The molecule has 1 aromatic carbocycles. The molecule has 2 aliphatic rings. The molecule has 104 valence electrons. The van der Waals surface area contributed by atoms with E-state index in [4.69, 9.17) is 0 Å². The highest BCUT2D eigenvalue weighted by molar-refractivity contribution is 9.10. The molecule has 2 fully saturated rings. The van der Waals surface area contributed by atoms with Gasteiger partial charge in [-0.15, -0.1) is 0 Å². The van der Waals surface area contributed by atoms with Gasteiger partial charge in [0, 0.05) is 30.1 Å². The summed E-state index contributed by atoms with van der Waals surface area (Å²) >= 11 is 3.68. The molecule has 1 saturated carbocycles. The largest absolute Gasteiger partial charge is 0.313 e. The van der Waals surface area contributed by atoms with Crippen LogP contribution in [-0.2, 0) is 6.54 Å². The van der Waals surface area contributed by atoms with Crippen molar-refractivity contribution in [2.24, 2.45) is 5.92 Å². The molecule has 1 aliphatic carbocycles. The van der Waals surface area contributed by atoms with Crippen LogP contribution in [0, 0.1) is 5.92 Å². The molecule has 0 aromatic heterocycles. The van der Waals surface area contributed by atoms with E-state index in [0.29, 0.717) is 6.04 Å². The summed E-state index contributed by atoms with van der Waals surface area (Å²) in [5.41, 5.74) is 1.42. The van der Waals surface area contributed by atoms with Crippen LogP contribution in [-0.4, -0.2) is 30.6 Å². The van der Waals surface area contributed by atoms with Gasteiger partial charge in [0.25, 0.3) is 0 Å². The number of hydrogen-bond acceptors (Lipinski definition) is 2. The molecule has 0 bridgehead atoms. The van der Waals surface area contributed by atoms with Crippen molar-refractivity contribution in [3.05, 3.63) is 34.3 Å². The molecule has 1 aromatic rings. The van der Waals surface area contributed by atoms with Gasteiger partial charge < -0.3 is 5.32 Å². The van der Waals surface area contributed by atoms with E-state index in [1.807, 2.05) is 0 Å². The lowest BCUT2D eigenvalue weighted by atomic mass is 10.1. The predicted octanol–water partition coefficient (Wildman–Crippen LogP) is 3.41. The van der Waals surface area contributed by atoms with E-state index in [1.54, 1.807) is 0 Å². The van der Waals surface area contributed by atoms with Crippen LogP contribution < -0.4 is 5.32 Å². The fourth-order valence-electron chi connectivity index (χ4n) is 2.96.